The monoisotopic (exact) mass is 440 g/mol. The fraction of sp³-hybridized carbons (Fsp3) is 0.182. The maximum Gasteiger partial charge on any atom is 0.376 e. The van der Waals surface area contributed by atoms with Gasteiger partial charge in [-0.3, -0.25) is 9.36 Å². The van der Waals surface area contributed by atoms with Gasteiger partial charge in [0.1, 0.15) is 27.1 Å². The molecule has 5 rings (SSSR count). The minimum absolute atomic E-state index is 0.0462. The third kappa shape index (κ3) is 2.90. The number of aromatic nitrogens is 2. The van der Waals surface area contributed by atoms with E-state index in [2.05, 4.69) is 0 Å². The van der Waals surface area contributed by atoms with Crippen LogP contribution in [0.1, 0.15) is 12.8 Å². The SMILES string of the molecule is CCn1c(=Cc2oc3ccccc3[n+]2C)s/c(=C2\Sc3ccc(F)cc3N2C)c1=O. The summed E-state index contributed by atoms with van der Waals surface area (Å²) in [5.41, 5.74) is 2.52. The summed E-state index contributed by atoms with van der Waals surface area (Å²) < 4.78 is 24.9. The average molecular weight is 441 g/mol. The molecule has 1 aliphatic heterocycles. The number of rotatable bonds is 2. The Balaban J connectivity index is 1.73. The molecule has 152 valence electrons. The highest BCUT2D eigenvalue weighted by atomic mass is 32.2. The Morgan fingerprint density at radius 3 is 2.80 bits per heavy atom. The number of oxazole rings is 1. The van der Waals surface area contributed by atoms with E-state index in [1.807, 2.05) is 60.8 Å². The number of halogens is 1. The summed E-state index contributed by atoms with van der Waals surface area (Å²) in [4.78, 5) is 16.0. The quantitative estimate of drug-likeness (QED) is 0.450. The molecule has 4 aromatic rings. The number of anilines is 1. The second-order valence-electron chi connectivity index (χ2n) is 7.01. The van der Waals surface area contributed by atoms with Crippen molar-refractivity contribution in [2.45, 2.75) is 18.4 Å². The molecule has 2 aromatic carbocycles. The lowest BCUT2D eigenvalue weighted by molar-refractivity contribution is -0.652. The van der Waals surface area contributed by atoms with Crippen molar-refractivity contribution in [1.29, 1.82) is 0 Å². The minimum Gasteiger partial charge on any atom is -0.398 e. The number of nitrogens with zero attached hydrogens (tertiary/aromatic N) is 3. The first-order valence-corrected chi connectivity index (χ1v) is 11.2. The summed E-state index contributed by atoms with van der Waals surface area (Å²) in [6.45, 7) is 2.50. The molecule has 5 nitrogen and oxygen atoms in total. The van der Waals surface area contributed by atoms with E-state index < -0.39 is 0 Å². The fourth-order valence-corrected chi connectivity index (χ4v) is 6.06. The van der Waals surface area contributed by atoms with Gasteiger partial charge in [-0.15, -0.1) is 11.3 Å². The summed E-state index contributed by atoms with van der Waals surface area (Å²) in [6.07, 6.45) is 1.91. The third-order valence-electron chi connectivity index (χ3n) is 5.23. The molecule has 3 heterocycles. The van der Waals surface area contributed by atoms with Crippen molar-refractivity contribution in [3.05, 3.63) is 73.7 Å². The van der Waals surface area contributed by atoms with Gasteiger partial charge in [-0.05, 0) is 31.2 Å². The van der Waals surface area contributed by atoms with Crippen molar-refractivity contribution in [2.24, 2.45) is 7.05 Å². The van der Waals surface area contributed by atoms with Crippen LogP contribution in [0.3, 0.4) is 0 Å². The molecule has 0 bridgehead atoms. The zero-order valence-corrected chi connectivity index (χ0v) is 18.3. The maximum absolute atomic E-state index is 13.7. The molecule has 0 fully saturated rings. The van der Waals surface area contributed by atoms with Gasteiger partial charge in [-0.25, -0.2) is 4.39 Å². The predicted octanol–water partition coefficient (Wildman–Crippen LogP) is 2.78. The number of para-hydroxylation sites is 2. The first-order chi connectivity index (χ1) is 14.5. The molecule has 0 spiro atoms. The molecule has 2 aromatic heterocycles. The van der Waals surface area contributed by atoms with Crippen LogP contribution in [-0.2, 0) is 13.6 Å². The van der Waals surface area contributed by atoms with Gasteiger partial charge in [0.15, 0.2) is 0 Å². The predicted molar refractivity (Wildman–Crippen MR) is 119 cm³/mol. The van der Waals surface area contributed by atoms with Crippen molar-refractivity contribution in [3.8, 4) is 0 Å². The van der Waals surface area contributed by atoms with Crippen LogP contribution in [-0.4, -0.2) is 11.6 Å². The molecule has 8 heteroatoms. The zero-order valence-electron chi connectivity index (χ0n) is 16.7. The highest BCUT2D eigenvalue weighted by molar-refractivity contribution is 8.08. The number of benzene rings is 2. The molecule has 30 heavy (non-hydrogen) atoms. The summed E-state index contributed by atoms with van der Waals surface area (Å²) >= 11 is 2.92. The molecule has 0 atom stereocenters. The molecule has 0 aliphatic carbocycles. The van der Waals surface area contributed by atoms with Gasteiger partial charge in [-0.2, -0.15) is 4.57 Å². The van der Waals surface area contributed by atoms with Crippen molar-refractivity contribution < 1.29 is 13.4 Å². The van der Waals surface area contributed by atoms with Gasteiger partial charge < -0.3 is 9.32 Å². The second-order valence-corrected chi connectivity index (χ2v) is 9.07. The van der Waals surface area contributed by atoms with Crippen molar-refractivity contribution >= 4 is 51.0 Å². The standard InChI is InChI=1S/C22H19FN3O2S2/c1-4-26-19(12-18-24(2)14-7-5-6-8-16(14)28-18)30-20(21(26)27)22-25(3)15-11-13(23)9-10-17(15)29-22/h5-12H,4H2,1-3H3/q+1/b22-20-. The van der Waals surface area contributed by atoms with Gasteiger partial charge in [0.05, 0.1) is 11.8 Å². The number of hydrogen-bond donors (Lipinski definition) is 0. The first kappa shape index (κ1) is 19.1. The Hall–Kier alpha value is -2.84. The van der Waals surface area contributed by atoms with Crippen LogP contribution in [0.4, 0.5) is 10.1 Å². The summed E-state index contributed by atoms with van der Waals surface area (Å²) in [5.74, 6) is 0.389. The number of thiazole rings is 1. The van der Waals surface area contributed by atoms with E-state index in [0.717, 1.165) is 31.4 Å². The Morgan fingerprint density at radius 2 is 2.03 bits per heavy atom. The highest BCUT2D eigenvalue weighted by Gasteiger charge is 2.25. The van der Waals surface area contributed by atoms with Gasteiger partial charge in [-0.1, -0.05) is 23.9 Å². The summed E-state index contributed by atoms with van der Waals surface area (Å²) in [6, 6.07) is 12.5. The molecular weight excluding hydrogens is 421 g/mol. The van der Waals surface area contributed by atoms with E-state index in [1.165, 1.54) is 35.2 Å². The van der Waals surface area contributed by atoms with E-state index in [1.54, 1.807) is 10.6 Å². The van der Waals surface area contributed by atoms with Gasteiger partial charge in [0.2, 0.25) is 5.58 Å². The zero-order chi connectivity index (χ0) is 21.0. The lowest BCUT2D eigenvalue weighted by atomic mass is 10.3. The third-order valence-corrected chi connectivity index (χ3v) is 7.72. The summed E-state index contributed by atoms with van der Waals surface area (Å²) in [7, 11) is 3.81. The Labute approximate surface area is 180 Å². The van der Waals surface area contributed by atoms with E-state index >= 15 is 0 Å². The number of hydrogen-bond acceptors (Lipinski definition) is 5. The van der Waals surface area contributed by atoms with Crippen LogP contribution in [0, 0.1) is 5.82 Å². The van der Waals surface area contributed by atoms with E-state index in [4.69, 9.17) is 4.42 Å². The van der Waals surface area contributed by atoms with Crippen LogP contribution in [0.15, 0.2) is 56.6 Å². The molecule has 1 aliphatic rings. The minimum atomic E-state index is -0.286. The lowest BCUT2D eigenvalue weighted by Gasteiger charge is -2.12. The molecule has 0 saturated heterocycles. The van der Waals surface area contributed by atoms with Crippen LogP contribution < -0.4 is 24.2 Å². The Bertz CT molecular complexity index is 1480. The first-order valence-electron chi connectivity index (χ1n) is 9.52. The Kier molecular flexibility index (Phi) is 4.56. The fourth-order valence-electron chi connectivity index (χ4n) is 3.64. The van der Waals surface area contributed by atoms with Gasteiger partial charge in [0.25, 0.3) is 11.1 Å². The van der Waals surface area contributed by atoms with E-state index in [9.17, 15) is 9.18 Å². The largest absolute Gasteiger partial charge is 0.398 e. The highest BCUT2D eigenvalue weighted by Crippen LogP contribution is 2.45. The van der Waals surface area contributed by atoms with Crippen LogP contribution in [0.25, 0.3) is 22.2 Å². The molecular formula is C22H19FN3O2S2+. The van der Waals surface area contributed by atoms with Crippen LogP contribution in [0.2, 0.25) is 0 Å². The van der Waals surface area contributed by atoms with E-state index in [0.29, 0.717) is 17.0 Å². The van der Waals surface area contributed by atoms with Crippen molar-refractivity contribution in [3.63, 3.8) is 0 Å². The normalized spacial score (nSPS) is 16.0. The molecule has 0 amide bonds. The Morgan fingerprint density at radius 1 is 1.23 bits per heavy atom. The van der Waals surface area contributed by atoms with Gasteiger partial charge in [0, 0.05) is 24.6 Å². The molecule has 0 radical (unpaired) electrons. The maximum atomic E-state index is 13.7. The molecule has 0 unspecified atom stereocenters. The van der Waals surface area contributed by atoms with Crippen LogP contribution in [0.5, 0.6) is 0 Å². The molecule has 0 N–H and O–H groups in total. The molecule has 0 saturated carbocycles. The number of thioether (sulfide) groups is 1. The number of fused-ring (bicyclic) bond motifs is 2. The summed E-state index contributed by atoms with van der Waals surface area (Å²) in [5, 5.41) is 0.821. The lowest BCUT2D eigenvalue weighted by Crippen LogP contribution is -2.34. The average Bonchev–Trinajstić information content (AvgIpc) is 3.34. The number of aryl methyl sites for hydroxylation is 1. The van der Waals surface area contributed by atoms with Gasteiger partial charge >= 0.3 is 5.89 Å². The smallest absolute Gasteiger partial charge is 0.376 e. The second kappa shape index (κ2) is 7.14. The topological polar surface area (TPSA) is 42.3 Å². The van der Waals surface area contributed by atoms with Crippen molar-refractivity contribution in [2.75, 3.05) is 11.9 Å². The van der Waals surface area contributed by atoms with E-state index in [-0.39, 0.29) is 11.4 Å². The van der Waals surface area contributed by atoms with Crippen LogP contribution >= 0.6 is 23.1 Å². The van der Waals surface area contributed by atoms with Crippen molar-refractivity contribution in [1.82, 2.24) is 4.57 Å².